The first-order valence-corrected chi connectivity index (χ1v) is 7.99. The van der Waals surface area contributed by atoms with Crippen molar-refractivity contribution in [1.82, 2.24) is 10.3 Å². The monoisotopic (exact) mass is 347 g/mol. The Kier molecular flexibility index (Phi) is 5.24. The van der Waals surface area contributed by atoms with Crippen LogP contribution in [0.25, 0.3) is 0 Å². The standard InChI is InChI=1S/C20H17N3O3/c24-18-8-2-5-15(11-18)20(26)23-17-7-1-4-14(10-17)12-22-19(25)16-6-3-9-21-13-16/h1-11,13,24H,12H2,(H,22,25)(H,23,26). The van der Waals surface area contributed by atoms with Crippen LogP contribution < -0.4 is 10.6 Å². The third-order valence-corrected chi connectivity index (χ3v) is 3.67. The van der Waals surface area contributed by atoms with E-state index in [0.717, 1.165) is 5.56 Å². The predicted molar refractivity (Wildman–Crippen MR) is 97.9 cm³/mol. The van der Waals surface area contributed by atoms with Gasteiger partial charge < -0.3 is 15.7 Å². The normalized spacial score (nSPS) is 10.2. The van der Waals surface area contributed by atoms with Crippen molar-refractivity contribution in [2.24, 2.45) is 0 Å². The molecule has 2 aromatic carbocycles. The summed E-state index contributed by atoms with van der Waals surface area (Å²) >= 11 is 0. The second kappa shape index (κ2) is 7.94. The third kappa shape index (κ3) is 4.45. The van der Waals surface area contributed by atoms with Crippen molar-refractivity contribution >= 4 is 17.5 Å². The average Bonchev–Trinajstić information content (AvgIpc) is 2.67. The fourth-order valence-corrected chi connectivity index (χ4v) is 2.39. The number of rotatable bonds is 5. The number of nitrogens with one attached hydrogen (secondary N) is 2. The maximum absolute atomic E-state index is 12.2. The van der Waals surface area contributed by atoms with Crippen LogP contribution in [-0.4, -0.2) is 21.9 Å². The highest BCUT2D eigenvalue weighted by Gasteiger charge is 2.08. The predicted octanol–water partition coefficient (Wildman–Crippen LogP) is 2.97. The molecule has 6 heteroatoms. The third-order valence-electron chi connectivity index (χ3n) is 3.67. The first-order valence-electron chi connectivity index (χ1n) is 7.99. The molecule has 6 nitrogen and oxygen atoms in total. The number of amides is 2. The van der Waals surface area contributed by atoms with E-state index in [1.165, 1.54) is 18.3 Å². The number of carbonyl (C=O) groups is 2. The summed E-state index contributed by atoms with van der Waals surface area (Å²) in [5.41, 5.74) is 2.29. The smallest absolute Gasteiger partial charge is 0.255 e. The number of anilines is 1. The zero-order valence-corrected chi connectivity index (χ0v) is 13.8. The number of pyridine rings is 1. The molecular weight excluding hydrogens is 330 g/mol. The summed E-state index contributed by atoms with van der Waals surface area (Å²) in [7, 11) is 0. The Morgan fingerprint density at radius 2 is 1.73 bits per heavy atom. The molecule has 3 N–H and O–H groups in total. The Hall–Kier alpha value is -3.67. The lowest BCUT2D eigenvalue weighted by atomic mass is 10.1. The molecule has 26 heavy (non-hydrogen) atoms. The number of aromatic nitrogens is 1. The van der Waals surface area contributed by atoms with Crippen LogP contribution in [0.4, 0.5) is 5.69 Å². The van der Waals surface area contributed by atoms with E-state index in [0.29, 0.717) is 23.4 Å². The molecule has 3 aromatic rings. The SMILES string of the molecule is O=C(NCc1cccc(NC(=O)c2cccc(O)c2)c1)c1cccnc1. The van der Waals surface area contributed by atoms with Crippen LogP contribution in [0.5, 0.6) is 5.75 Å². The summed E-state index contributed by atoms with van der Waals surface area (Å²) in [6, 6.07) is 16.7. The van der Waals surface area contributed by atoms with Gasteiger partial charge in [0.2, 0.25) is 0 Å². The second-order valence-corrected chi connectivity index (χ2v) is 5.63. The van der Waals surface area contributed by atoms with Gasteiger partial charge in [-0.3, -0.25) is 14.6 Å². The van der Waals surface area contributed by atoms with Crippen molar-refractivity contribution in [2.75, 3.05) is 5.32 Å². The zero-order valence-electron chi connectivity index (χ0n) is 13.8. The average molecular weight is 347 g/mol. The number of nitrogens with zero attached hydrogens (tertiary/aromatic N) is 1. The number of carbonyl (C=O) groups excluding carboxylic acids is 2. The van der Waals surface area contributed by atoms with Crippen LogP contribution >= 0.6 is 0 Å². The summed E-state index contributed by atoms with van der Waals surface area (Å²) in [4.78, 5) is 28.2. The fraction of sp³-hybridized carbons (Fsp3) is 0.0500. The molecule has 0 radical (unpaired) electrons. The molecule has 0 spiro atoms. The van der Waals surface area contributed by atoms with Gasteiger partial charge >= 0.3 is 0 Å². The van der Waals surface area contributed by atoms with Crippen LogP contribution in [0.3, 0.4) is 0 Å². The van der Waals surface area contributed by atoms with Crippen LogP contribution in [0.2, 0.25) is 0 Å². The van der Waals surface area contributed by atoms with Gasteiger partial charge in [0.25, 0.3) is 11.8 Å². The van der Waals surface area contributed by atoms with E-state index in [1.54, 1.807) is 48.7 Å². The summed E-state index contributed by atoms with van der Waals surface area (Å²) in [6.07, 6.45) is 3.11. The first kappa shape index (κ1) is 17.2. The number of hydrogen-bond acceptors (Lipinski definition) is 4. The van der Waals surface area contributed by atoms with Gasteiger partial charge in [-0.15, -0.1) is 0 Å². The van der Waals surface area contributed by atoms with Crippen molar-refractivity contribution in [3.63, 3.8) is 0 Å². The number of hydrogen-bond donors (Lipinski definition) is 3. The molecule has 1 aromatic heterocycles. The van der Waals surface area contributed by atoms with Crippen molar-refractivity contribution in [1.29, 1.82) is 0 Å². The van der Waals surface area contributed by atoms with Crippen LogP contribution in [0, 0.1) is 0 Å². The van der Waals surface area contributed by atoms with Crippen LogP contribution in [0.15, 0.2) is 73.1 Å². The van der Waals surface area contributed by atoms with Crippen molar-refractivity contribution in [2.45, 2.75) is 6.54 Å². The number of phenolic OH excluding ortho intramolecular Hbond substituents is 1. The first-order chi connectivity index (χ1) is 12.6. The topological polar surface area (TPSA) is 91.3 Å². The van der Waals surface area contributed by atoms with Crippen molar-refractivity contribution < 1.29 is 14.7 Å². The number of aromatic hydroxyl groups is 1. The minimum absolute atomic E-state index is 0.0320. The minimum Gasteiger partial charge on any atom is -0.508 e. The lowest BCUT2D eigenvalue weighted by molar-refractivity contribution is 0.0949. The van der Waals surface area contributed by atoms with Crippen molar-refractivity contribution in [3.05, 3.63) is 89.7 Å². The molecule has 0 aliphatic rings. The highest BCUT2D eigenvalue weighted by molar-refractivity contribution is 6.04. The van der Waals surface area contributed by atoms with Gasteiger partial charge in [-0.05, 0) is 48.0 Å². The largest absolute Gasteiger partial charge is 0.508 e. The molecule has 0 aliphatic heterocycles. The Morgan fingerprint density at radius 1 is 0.923 bits per heavy atom. The van der Waals surface area contributed by atoms with Gasteiger partial charge in [0.15, 0.2) is 0 Å². The molecule has 2 amide bonds. The van der Waals surface area contributed by atoms with Gasteiger partial charge in [-0.25, -0.2) is 0 Å². The van der Waals surface area contributed by atoms with E-state index < -0.39 is 0 Å². The van der Waals surface area contributed by atoms with E-state index >= 15 is 0 Å². The number of phenols is 1. The van der Waals surface area contributed by atoms with E-state index in [4.69, 9.17) is 0 Å². The Morgan fingerprint density at radius 3 is 2.50 bits per heavy atom. The minimum atomic E-state index is -0.322. The van der Waals surface area contributed by atoms with Gasteiger partial charge in [-0.2, -0.15) is 0 Å². The van der Waals surface area contributed by atoms with Gasteiger partial charge in [-0.1, -0.05) is 18.2 Å². The molecular formula is C20H17N3O3. The van der Waals surface area contributed by atoms with E-state index in [9.17, 15) is 14.7 Å². The highest BCUT2D eigenvalue weighted by Crippen LogP contribution is 2.15. The molecule has 0 saturated heterocycles. The van der Waals surface area contributed by atoms with Gasteiger partial charge in [0.1, 0.15) is 5.75 Å². The van der Waals surface area contributed by atoms with Crippen molar-refractivity contribution in [3.8, 4) is 5.75 Å². The lowest BCUT2D eigenvalue weighted by Crippen LogP contribution is -2.23. The fourth-order valence-electron chi connectivity index (χ4n) is 2.39. The highest BCUT2D eigenvalue weighted by atomic mass is 16.3. The van der Waals surface area contributed by atoms with E-state index in [1.807, 2.05) is 6.07 Å². The molecule has 0 bridgehead atoms. The van der Waals surface area contributed by atoms with Crippen LogP contribution in [-0.2, 0) is 6.54 Å². The Bertz CT molecular complexity index is 926. The number of benzene rings is 2. The summed E-state index contributed by atoms with van der Waals surface area (Å²) < 4.78 is 0. The molecule has 0 unspecified atom stereocenters. The molecule has 0 fully saturated rings. The Balaban J connectivity index is 1.63. The molecule has 3 rings (SSSR count). The summed E-state index contributed by atoms with van der Waals surface area (Å²) in [6.45, 7) is 0.323. The quantitative estimate of drug-likeness (QED) is 0.662. The molecule has 0 saturated carbocycles. The Labute approximate surface area is 150 Å². The van der Waals surface area contributed by atoms with E-state index in [2.05, 4.69) is 15.6 Å². The van der Waals surface area contributed by atoms with E-state index in [-0.39, 0.29) is 17.6 Å². The van der Waals surface area contributed by atoms with Gasteiger partial charge in [0.05, 0.1) is 5.56 Å². The van der Waals surface area contributed by atoms with Crippen LogP contribution in [0.1, 0.15) is 26.3 Å². The molecule has 1 heterocycles. The zero-order chi connectivity index (χ0) is 18.4. The van der Waals surface area contributed by atoms with Gasteiger partial charge in [0, 0.05) is 30.2 Å². The summed E-state index contributed by atoms with van der Waals surface area (Å²) in [5, 5.41) is 15.0. The molecule has 130 valence electrons. The maximum atomic E-state index is 12.2. The summed E-state index contributed by atoms with van der Waals surface area (Å²) in [5.74, 6) is -0.505. The maximum Gasteiger partial charge on any atom is 0.255 e. The molecule has 0 atom stereocenters. The second-order valence-electron chi connectivity index (χ2n) is 5.63. The lowest BCUT2D eigenvalue weighted by Gasteiger charge is -2.09. The molecule has 0 aliphatic carbocycles.